The Morgan fingerprint density at radius 1 is 1.47 bits per heavy atom. The van der Waals surface area contributed by atoms with Crippen LogP contribution in [0.5, 0.6) is 0 Å². The van der Waals surface area contributed by atoms with Crippen molar-refractivity contribution in [3.8, 4) is 0 Å². The van der Waals surface area contributed by atoms with Crippen LogP contribution in [0.25, 0.3) is 0 Å². The molecule has 0 aliphatic carbocycles. The Labute approximate surface area is 113 Å². The molecule has 0 atom stereocenters. The van der Waals surface area contributed by atoms with Crippen LogP contribution >= 0.6 is 0 Å². The topological polar surface area (TPSA) is 82.5 Å². The Balaban J connectivity index is 2.29. The van der Waals surface area contributed by atoms with Crippen LogP contribution in [0.2, 0.25) is 0 Å². The average Bonchev–Trinajstić information content (AvgIpc) is 2.40. The first-order valence-electron chi connectivity index (χ1n) is 6.41. The van der Waals surface area contributed by atoms with Gasteiger partial charge in [-0.2, -0.15) is 4.31 Å². The number of anilines is 1. The van der Waals surface area contributed by atoms with Gasteiger partial charge >= 0.3 is 0 Å². The molecule has 0 saturated carbocycles. The largest absolute Gasteiger partial charge is 0.393 e. The highest BCUT2D eigenvalue weighted by Crippen LogP contribution is 2.25. The van der Waals surface area contributed by atoms with Crippen LogP contribution in [0.1, 0.15) is 19.8 Å². The Bertz CT molecular complexity index is 525. The van der Waals surface area contributed by atoms with E-state index in [9.17, 15) is 13.5 Å². The molecule has 0 aromatic carbocycles. The Morgan fingerprint density at radius 2 is 2.16 bits per heavy atom. The third-order valence-corrected chi connectivity index (χ3v) is 5.12. The highest BCUT2D eigenvalue weighted by atomic mass is 32.2. The van der Waals surface area contributed by atoms with Crippen LogP contribution in [0.15, 0.2) is 23.4 Å². The van der Waals surface area contributed by atoms with E-state index in [0.29, 0.717) is 38.2 Å². The van der Waals surface area contributed by atoms with E-state index in [-0.39, 0.29) is 4.90 Å². The Hall–Kier alpha value is -1.18. The minimum atomic E-state index is -3.54. The predicted molar refractivity (Wildman–Crippen MR) is 72.4 cm³/mol. The van der Waals surface area contributed by atoms with Gasteiger partial charge in [-0.05, 0) is 25.8 Å². The van der Waals surface area contributed by atoms with Gasteiger partial charge < -0.3 is 10.4 Å². The standard InChI is InChI=1S/C12H19N3O3S/c1-2-14-11-3-6-13-9-12(11)19(17,18)15-7-4-10(16)5-8-15/h3,6,9-10,16H,2,4-5,7-8H2,1H3,(H,13,14). The van der Waals surface area contributed by atoms with E-state index in [1.165, 1.54) is 10.5 Å². The molecule has 0 spiro atoms. The number of nitrogens with one attached hydrogen (secondary N) is 1. The van der Waals surface area contributed by atoms with Crippen molar-refractivity contribution in [1.29, 1.82) is 0 Å². The van der Waals surface area contributed by atoms with Crippen molar-refractivity contribution in [2.75, 3.05) is 25.0 Å². The number of aromatic nitrogens is 1. The molecule has 2 rings (SSSR count). The summed E-state index contributed by atoms with van der Waals surface area (Å²) in [5.74, 6) is 0. The monoisotopic (exact) mass is 285 g/mol. The summed E-state index contributed by atoms with van der Waals surface area (Å²) in [7, 11) is -3.54. The van der Waals surface area contributed by atoms with Crippen LogP contribution < -0.4 is 5.32 Å². The Morgan fingerprint density at radius 3 is 2.79 bits per heavy atom. The third kappa shape index (κ3) is 3.05. The van der Waals surface area contributed by atoms with Gasteiger partial charge in [-0.3, -0.25) is 4.98 Å². The Kier molecular flexibility index (Phi) is 4.38. The van der Waals surface area contributed by atoms with Crippen molar-refractivity contribution >= 4 is 15.7 Å². The molecule has 1 fully saturated rings. The second-order valence-electron chi connectivity index (χ2n) is 4.54. The molecule has 19 heavy (non-hydrogen) atoms. The number of hydrogen-bond acceptors (Lipinski definition) is 5. The minimum Gasteiger partial charge on any atom is -0.393 e. The van der Waals surface area contributed by atoms with Crippen molar-refractivity contribution in [2.45, 2.75) is 30.8 Å². The summed E-state index contributed by atoms with van der Waals surface area (Å²) < 4.78 is 26.5. The van der Waals surface area contributed by atoms with Crippen molar-refractivity contribution in [3.63, 3.8) is 0 Å². The molecule has 0 radical (unpaired) electrons. The van der Waals surface area contributed by atoms with Gasteiger partial charge in [-0.15, -0.1) is 0 Å². The fraction of sp³-hybridized carbons (Fsp3) is 0.583. The average molecular weight is 285 g/mol. The summed E-state index contributed by atoms with van der Waals surface area (Å²) in [4.78, 5) is 4.11. The fourth-order valence-electron chi connectivity index (χ4n) is 2.14. The molecule has 6 nitrogen and oxygen atoms in total. The van der Waals surface area contributed by atoms with E-state index >= 15 is 0 Å². The lowest BCUT2D eigenvalue weighted by Gasteiger charge is -2.29. The number of pyridine rings is 1. The van der Waals surface area contributed by atoms with Gasteiger partial charge in [0.2, 0.25) is 10.0 Å². The molecule has 7 heteroatoms. The molecule has 2 N–H and O–H groups in total. The molecular formula is C12H19N3O3S. The SMILES string of the molecule is CCNc1ccncc1S(=O)(=O)N1CCC(O)CC1. The van der Waals surface area contributed by atoms with Crippen molar-refractivity contribution in [3.05, 3.63) is 18.5 Å². The van der Waals surface area contributed by atoms with E-state index in [2.05, 4.69) is 10.3 Å². The normalized spacial score (nSPS) is 18.4. The van der Waals surface area contributed by atoms with E-state index < -0.39 is 16.1 Å². The maximum absolute atomic E-state index is 12.6. The summed E-state index contributed by atoms with van der Waals surface area (Å²) in [5, 5.41) is 12.5. The molecule has 2 heterocycles. The lowest BCUT2D eigenvalue weighted by Crippen LogP contribution is -2.40. The number of nitrogens with zero attached hydrogens (tertiary/aromatic N) is 2. The number of aliphatic hydroxyl groups excluding tert-OH is 1. The molecule has 0 unspecified atom stereocenters. The van der Waals surface area contributed by atoms with E-state index in [4.69, 9.17) is 0 Å². The first kappa shape index (κ1) is 14.2. The maximum atomic E-state index is 12.6. The van der Waals surface area contributed by atoms with Crippen LogP contribution in [0.3, 0.4) is 0 Å². The van der Waals surface area contributed by atoms with Gasteiger partial charge in [-0.1, -0.05) is 0 Å². The molecule has 1 aliphatic rings. The second kappa shape index (κ2) is 5.85. The van der Waals surface area contributed by atoms with Crippen LogP contribution in [0.4, 0.5) is 5.69 Å². The molecule has 1 aliphatic heterocycles. The van der Waals surface area contributed by atoms with E-state index in [1.807, 2.05) is 6.92 Å². The smallest absolute Gasteiger partial charge is 0.246 e. The summed E-state index contributed by atoms with van der Waals surface area (Å²) >= 11 is 0. The number of piperidine rings is 1. The lowest BCUT2D eigenvalue weighted by atomic mass is 10.1. The quantitative estimate of drug-likeness (QED) is 0.849. The fourth-order valence-corrected chi connectivity index (χ4v) is 3.73. The van der Waals surface area contributed by atoms with Gasteiger partial charge in [0.1, 0.15) is 4.90 Å². The van der Waals surface area contributed by atoms with Gasteiger partial charge in [0.05, 0.1) is 11.8 Å². The summed E-state index contributed by atoms with van der Waals surface area (Å²) in [5.41, 5.74) is 0.573. The zero-order valence-corrected chi connectivity index (χ0v) is 11.7. The first-order valence-corrected chi connectivity index (χ1v) is 7.85. The molecular weight excluding hydrogens is 266 g/mol. The predicted octanol–water partition coefficient (Wildman–Crippen LogP) is 0.659. The summed E-state index contributed by atoms with van der Waals surface area (Å²) in [6, 6.07) is 1.66. The summed E-state index contributed by atoms with van der Waals surface area (Å²) in [6.45, 7) is 3.26. The molecule has 1 saturated heterocycles. The third-order valence-electron chi connectivity index (χ3n) is 3.19. The minimum absolute atomic E-state index is 0.202. The van der Waals surface area contributed by atoms with Gasteiger partial charge in [0.15, 0.2) is 0 Å². The molecule has 1 aromatic heterocycles. The molecule has 1 aromatic rings. The lowest BCUT2D eigenvalue weighted by molar-refractivity contribution is 0.113. The first-order chi connectivity index (χ1) is 9.05. The van der Waals surface area contributed by atoms with Gasteiger partial charge in [-0.25, -0.2) is 8.42 Å². The molecule has 106 valence electrons. The number of hydrogen-bond donors (Lipinski definition) is 2. The number of rotatable bonds is 4. The summed E-state index contributed by atoms with van der Waals surface area (Å²) in [6.07, 6.45) is 3.51. The van der Waals surface area contributed by atoms with E-state index in [0.717, 1.165) is 0 Å². The van der Waals surface area contributed by atoms with Crippen LogP contribution in [0, 0.1) is 0 Å². The zero-order chi connectivity index (χ0) is 13.9. The van der Waals surface area contributed by atoms with Gasteiger partial charge in [0.25, 0.3) is 0 Å². The van der Waals surface area contributed by atoms with Crippen molar-refractivity contribution in [2.24, 2.45) is 0 Å². The number of aliphatic hydroxyl groups is 1. The zero-order valence-electron chi connectivity index (χ0n) is 10.9. The second-order valence-corrected chi connectivity index (χ2v) is 6.44. The maximum Gasteiger partial charge on any atom is 0.246 e. The highest BCUT2D eigenvalue weighted by Gasteiger charge is 2.30. The van der Waals surface area contributed by atoms with Crippen molar-refractivity contribution < 1.29 is 13.5 Å². The van der Waals surface area contributed by atoms with Gasteiger partial charge in [0, 0.05) is 32.0 Å². The highest BCUT2D eigenvalue weighted by molar-refractivity contribution is 7.89. The van der Waals surface area contributed by atoms with Crippen LogP contribution in [-0.4, -0.2) is 48.6 Å². The molecule has 0 bridgehead atoms. The number of sulfonamides is 1. The van der Waals surface area contributed by atoms with Crippen LogP contribution in [-0.2, 0) is 10.0 Å². The van der Waals surface area contributed by atoms with Crippen molar-refractivity contribution in [1.82, 2.24) is 9.29 Å². The molecule has 0 amide bonds. The van der Waals surface area contributed by atoms with E-state index in [1.54, 1.807) is 12.3 Å².